The molecule has 1 atom stereocenters. The summed E-state index contributed by atoms with van der Waals surface area (Å²) in [6.45, 7) is -0.0160. The summed E-state index contributed by atoms with van der Waals surface area (Å²) in [6.07, 6.45) is 0.148. The van der Waals surface area contributed by atoms with Crippen molar-refractivity contribution in [3.63, 3.8) is 0 Å². The van der Waals surface area contributed by atoms with Gasteiger partial charge in [-0.1, -0.05) is 41.4 Å². The second kappa shape index (κ2) is 9.09. The lowest BCUT2D eigenvalue weighted by molar-refractivity contribution is -0.120. The minimum atomic E-state index is -3.70. The highest BCUT2D eigenvalue weighted by molar-refractivity contribution is 7.91. The largest absolute Gasteiger partial charge is 0.354 e. The van der Waals surface area contributed by atoms with Gasteiger partial charge in [0, 0.05) is 21.5 Å². The van der Waals surface area contributed by atoms with Crippen molar-refractivity contribution in [2.24, 2.45) is 0 Å². The van der Waals surface area contributed by atoms with E-state index in [0.29, 0.717) is 14.9 Å². The first kappa shape index (κ1) is 20.9. The van der Waals surface area contributed by atoms with E-state index in [1.807, 2.05) is 5.38 Å². The van der Waals surface area contributed by atoms with E-state index in [1.54, 1.807) is 48.5 Å². The molecule has 1 amide bonds. The van der Waals surface area contributed by atoms with Gasteiger partial charge >= 0.3 is 0 Å². The second-order valence-electron chi connectivity index (χ2n) is 6.11. The van der Waals surface area contributed by atoms with Crippen LogP contribution >= 0.6 is 34.5 Å². The van der Waals surface area contributed by atoms with Gasteiger partial charge in [-0.3, -0.25) is 4.79 Å². The lowest BCUT2D eigenvalue weighted by Gasteiger charge is -2.17. The molecule has 1 aromatic heterocycles. The smallest absolute Gasteiger partial charge is 0.224 e. The molecule has 0 aliphatic rings. The van der Waals surface area contributed by atoms with Crippen LogP contribution in [-0.2, 0) is 21.1 Å². The molecule has 0 saturated heterocycles. The zero-order chi connectivity index (χ0) is 20.1. The summed E-state index contributed by atoms with van der Waals surface area (Å²) >= 11 is 13.1. The van der Waals surface area contributed by atoms with Gasteiger partial charge in [0.1, 0.15) is 5.25 Å². The maximum atomic E-state index is 13.1. The fourth-order valence-electron chi connectivity index (χ4n) is 2.68. The number of nitrogens with one attached hydrogen (secondary N) is 1. The summed E-state index contributed by atoms with van der Waals surface area (Å²) in [6, 6.07) is 16.5. The van der Waals surface area contributed by atoms with E-state index in [4.69, 9.17) is 23.2 Å². The van der Waals surface area contributed by atoms with Crippen LogP contribution in [0.2, 0.25) is 10.0 Å². The number of amides is 1. The van der Waals surface area contributed by atoms with Crippen LogP contribution in [0.3, 0.4) is 0 Å². The Hall–Kier alpha value is -1.86. The van der Waals surface area contributed by atoms with E-state index in [0.717, 1.165) is 5.56 Å². The topological polar surface area (TPSA) is 63.2 Å². The Bertz CT molecular complexity index is 1030. The highest BCUT2D eigenvalue weighted by Gasteiger charge is 2.30. The van der Waals surface area contributed by atoms with E-state index in [-0.39, 0.29) is 23.8 Å². The number of benzene rings is 2. The van der Waals surface area contributed by atoms with E-state index >= 15 is 0 Å². The Morgan fingerprint density at radius 1 is 0.964 bits per heavy atom. The van der Waals surface area contributed by atoms with E-state index in [9.17, 15) is 13.2 Å². The Morgan fingerprint density at radius 3 is 2.14 bits per heavy atom. The van der Waals surface area contributed by atoms with Crippen LogP contribution in [0.1, 0.15) is 15.7 Å². The van der Waals surface area contributed by atoms with Crippen LogP contribution in [-0.4, -0.2) is 20.9 Å². The molecule has 0 aliphatic carbocycles. The molecular weight excluding hydrogens is 437 g/mol. The van der Waals surface area contributed by atoms with Crippen molar-refractivity contribution in [1.82, 2.24) is 5.32 Å². The summed E-state index contributed by atoms with van der Waals surface area (Å²) in [7, 11) is -3.70. The zero-order valence-electron chi connectivity index (χ0n) is 14.6. The monoisotopic (exact) mass is 453 g/mol. The lowest BCUT2D eigenvalue weighted by atomic mass is 10.1. The maximum Gasteiger partial charge on any atom is 0.224 e. The molecule has 0 unspecified atom stereocenters. The fraction of sp³-hybridized carbons (Fsp3) is 0.150. The molecule has 28 heavy (non-hydrogen) atoms. The van der Waals surface area contributed by atoms with Crippen molar-refractivity contribution >= 4 is 50.3 Å². The lowest BCUT2D eigenvalue weighted by Crippen LogP contribution is -2.32. The summed E-state index contributed by atoms with van der Waals surface area (Å²) in [5.74, 6) is -0.254. The van der Waals surface area contributed by atoms with Gasteiger partial charge in [-0.05, 0) is 53.4 Å². The molecule has 1 heterocycles. The molecule has 8 heteroatoms. The summed E-state index contributed by atoms with van der Waals surface area (Å²) in [4.78, 5) is 13.2. The van der Waals surface area contributed by atoms with Gasteiger partial charge in [-0.15, -0.1) is 11.3 Å². The standard InChI is InChI=1S/C20H17Cl2NO3S2/c21-15-5-3-14(4-6-15)12-20(24)23-13-19(18-2-1-11-27-18)28(25,26)17-9-7-16(22)8-10-17/h1-11,19H,12-13H2,(H,23,24)/t19-/m1/s1. The van der Waals surface area contributed by atoms with Gasteiger partial charge in [-0.2, -0.15) is 0 Å². The zero-order valence-corrected chi connectivity index (χ0v) is 17.8. The van der Waals surface area contributed by atoms with Gasteiger partial charge in [0.15, 0.2) is 9.84 Å². The highest BCUT2D eigenvalue weighted by Crippen LogP contribution is 2.32. The Kier molecular flexibility index (Phi) is 6.78. The molecule has 4 nitrogen and oxygen atoms in total. The van der Waals surface area contributed by atoms with Gasteiger partial charge in [0.05, 0.1) is 11.3 Å². The van der Waals surface area contributed by atoms with Crippen LogP contribution in [0, 0.1) is 0 Å². The third kappa shape index (κ3) is 5.14. The molecule has 2 aromatic carbocycles. The number of carbonyl (C=O) groups is 1. The average Bonchev–Trinajstić information content (AvgIpc) is 3.18. The minimum absolute atomic E-state index is 0.0160. The quantitative estimate of drug-likeness (QED) is 0.551. The molecule has 0 bridgehead atoms. The molecule has 0 aliphatic heterocycles. The van der Waals surface area contributed by atoms with E-state index < -0.39 is 15.1 Å². The number of rotatable bonds is 7. The first-order chi connectivity index (χ1) is 13.4. The number of sulfone groups is 1. The molecule has 3 rings (SSSR count). The van der Waals surface area contributed by atoms with Crippen molar-refractivity contribution in [3.8, 4) is 0 Å². The van der Waals surface area contributed by atoms with Gasteiger partial charge in [-0.25, -0.2) is 8.42 Å². The molecule has 3 aromatic rings. The van der Waals surface area contributed by atoms with E-state index in [1.165, 1.54) is 23.5 Å². The Morgan fingerprint density at radius 2 is 1.57 bits per heavy atom. The molecule has 146 valence electrons. The summed E-state index contributed by atoms with van der Waals surface area (Å²) in [5, 5.41) is 4.75. The SMILES string of the molecule is O=C(Cc1ccc(Cl)cc1)NC[C@H](c1cccs1)S(=O)(=O)c1ccc(Cl)cc1. The second-order valence-corrected chi connectivity index (χ2v) is 10.1. The van der Waals surface area contributed by atoms with Crippen molar-refractivity contribution in [2.45, 2.75) is 16.6 Å². The Labute approximate surface area is 178 Å². The van der Waals surface area contributed by atoms with Crippen LogP contribution in [0.25, 0.3) is 0 Å². The molecule has 0 saturated carbocycles. The molecule has 0 fully saturated rings. The minimum Gasteiger partial charge on any atom is -0.354 e. The number of halogens is 2. The number of hydrogen-bond acceptors (Lipinski definition) is 4. The van der Waals surface area contributed by atoms with Crippen LogP contribution in [0.5, 0.6) is 0 Å². The van der Waals surface area contributed by atoms with Crippen LogP contribution in [0.15, 0.2) is 70.9 Å². The average molecular weight is 454 g/mol. The first-order valence-electron chi connectivity index (χ1n) is 8.40. The first-order valence-corrected chi connectivity index (χ1v) is 11.6. The predicted molar refractivity (Wildman–Crippen MR) is 114 cm³/mol. The van der Waals surface area contributed by atoms with E-state index in [2.05, 4.69) is 5.32 Å². The molecule has 1 N–H and O–H groups in total. The highest BCUT2D eigenvalue weighted by atomic mass is 35.5. The number of thiophene rings is 1. The third-order valence-electron chi connectivity index (χ3n) is 4.14. The third-order valence-corrected chi connectivity index (χ3v) is 7.88. The van der Waals surface area contributed by atoms with Crippen LogP contribution < -0.4 is 5.32 Å². The molecule has 0 radical (unpaired) electrons. The van der Waals surface area contributed by atoms with Gasteiger partial charge in [0.25, 0.3) is 0 Å². The normalized spacial score (nSPS) is 12.5. The van der Waals surface area contributed by atoms with Gasteiger partial charge < -0.3 is 5.32 Å². The summed E-state index contributed by atoms with van der Waals surface area (Å²) in [5.41, 5.74) is 0.801. The fourth-order valence-corrected chi connectivity index (χ4v) is 5.72. The number of hydrogen-bond donors (Lipinski definition) is 1. The maximum absolute atomic E-state index is 13.1. The molecule has 0 spiro atoms. The van der Waals surface area contributed by atoms with Gasteiger partial charge in [0.2, 0.25) is 5.91 Å². The van der Waals surface area contributed by atoms with Crippen molar-refractivity contribution in [2.75, 3.05) is 6.54 Å². The van der Waals surface area contributed by atoms with Crippen molar-refractivity contribution in [1.29, 1.82) is 0 Å². The molecular formula is C20H17Cl2NO3S2. The predicted octanol–water partition coefficient (Wildman–Crippen LogP) is 4.93. The summed E-state index contributed by atoms with van der Waals surface area (Å²) < 4.78 is 26.3. The van der Waals surface area contributed by atoms with Crippen molar-refractivity contribution < 1.29 is 13.2 Å². The number of carbonyl (C=O) groups excluding carboxylic acids is 1. The van der Waals surface area contributed by atoms with Crippen LogP contribution in [0.4, 0.5) is 0 Å². The van der Waals surface area contributed by atoms with Crippen molar-refractivity contribution in [3.05, 3.63) is 86.5 Å². The Balaban J connectivity index is 1.76.